The maximum atomic E-state index is 9.29. The highest BCUT2D eigenvalue weighted by atomic mass is 16.3. The summed E-state index contributed by atoms with van der Waals surface area (Å²) in [5.74, 6) is 0.911. The zero-order chi connectivity index (χ0) is 9.80. The second kappa shape index (κ2) is 4.58. The average molecular weight is 191 g/mol. The molecule has 1 aliphatic heterocycles. The van der Waals surface area contributed by atoms with Crippen molar-refractivity contribution in [1.82, 2.24) is 5.32 Å². The number of benzene rings is 1. The Kier molecular flexibility index (Phi) is 3.17. The lowest BCUT2D eigenvalue weighted by atomic mass is 9.82. The highest BCUT2D eigenvalue weighted by molar-refractivity contribution is 5.21. The van der Waals surface area contributed by atoms with Crippen LogP contribution in [-0.2, 0) is 0 Å². The standard InChI is InChI=1S/C12H17NO/c14-9-11-6-7-13-8-12(11)10-4-2-1-3-5-10/h1-5,11-14H,6-9H2. The molecule has 0 bridgehead atoms. The molecule has 1 heterocycles. The largest absolute Gasteiger partial charge is 0.396 e. The fourth-order valence-electron chi connectivity index (χ4n) is 2.22. The first-order chi connectivity index (χ1) is 6.92. The molecule has 0 aliphatic carbocycles. The van der Waals surface area contributed by atoms with Crippen molar-refractivity contribution in [2.24, 2.45) is 5.92 Å². The first-order valence-electron chi connectivity index (χ1n) is 5.28. The van der Waals surface area contributed by atoms with E-state index in [9.17, 15) is 5.11 Å². The van der Waals surface area contributed by atoms with Crippen molar-refractivity contribution in [3.05, 3.63) is 35.9 Å². The molecule has 0 aromatic heterocycles. The van der Waals surface area contributed by atoms with Crippen LogP contribution in [0, 0.1) is 5.92 Å². The molecular weight excluding hydrogens is 174 g/mol. The molecule has 14 heavy (non-hydrogen) atoms. The summed E-state index contributed by atoms with van der Waals surface area (Å²) in [6, 6.07) is 10.5. The predicted octanol–water partition coefficient (Wildman–Crippen LogP) is 1.37. The molecule has 0 amide bonds. The number of aliphatic hydroxyl groups is 1. The van der Waals surface area contributed by atoms with Gasteiger partial charge in [0, 0.05) is 19.1 Å². The smallest absolute Gasteiger partial charge is 0.0466 e. The number of hydrogen-bond acceptors (Lipinski definition) is 2. The SMILES string of the molecule is OCC1CCNCC1c1ccccc1. The minimum Gasteiger partial charge on any atom is -0.396 e. The summed E-state index contributed by atoms with van der Waals surface area (Å²) in [6.45, 7) is 2.34. The first kappa shape index (κ1) is 9.69. The lowest BCUT2D eigenvalue weighted by Crippen LogP contribution is -2.36. The van der Waals surface area contributed by atoms with Gasteiger partial charge in [-0.25, -0.2) is 0 Å². The molecule has 1 saturated heterocycles. The Labute approximate surface area is 85.0 Å². The Balaban J connectivity index is 2.15. The van der Waals surface area contributed by atoms with Gasteiger partial charge in [-0.1, -0.05) is 30.3 Å². The van der Waals surface area contributed by atoms with Gasteiger partial charge in [0.1, 0.15) is 0 Å². The molecule has 1 aromatic carbocycles. The Hall–Kier alpha value is -0.860. The van der Waals surface area contributed by atoms with Crippen LogP contribution >= 0.6 is 0 Å². The molecule has 1 fully saturated rings. The van der Waals surface area contributed by atoms with E-state index in [0.29, 0.717) is 18.4 Å². The van der Waals surface area contributed by atoms with Crippen molar-refractivity contribution in [3.63, 3.8) is 0 Å². The van der Waals surface area contributed by atoms with E-state index in [-0.39, 0.29) is 0 Å². The molecule has 0 radical (unpaired) electrons. The highest BCUT2D eigenvalue weighted by Gasteiger charge is 2.25. The van der Waals surface area contributed by atoms with Crippen LogP contribution in [-0.4, -0.2) is 24.8 Å². The van der Waals surface area contributed by atoms with E-state index in [0.717, 1.165) is 19.5 Å². The Bertz CT molecular complexity index is 273. The lowest BCUT2D eigenvalue weighted by molar-refractivity contribution is 0.176. The quantitative estimate of drug-likeness (QED) is 0.740. The molecule has 2 N–H and O–H groups in total. The Morgan fingerprint density at radius 3 is 2.79 bits per heavy atom. The van der Waals surface area contributed by atoms with Gasteiger partial charge in [-0.15, -0.1) is 0 Å². The van der Waals surface area contributed by atoms with Gasteiger partial charge >= 0.3 is 0 Å². The van der Waals surface area contributed by atoms with Crippen molar-refractivity contribution >= 4 is 0 Å². The van der Waals surface area contributed by atoms with Crippen LogP contribution in [0.5, 0.6) is 0 Å². The maximum Gasteiger partial charge on any atom is 0.0466 e. The number of nitrogens with one attached hydrogen (secondary N) is 1. The molecule has 1 aromatic rings. The van der Waals surface area contributed by atoms with E-state index in [1.165, 1.54) is 5.56 Å². The van der Waals surface area contributed by atoms with Crippen LogP contribution in [0.25, 0.3) is 0 Å². The summed E-state index contributed by atoms with van der Waals surface area (Å²) >= 11 is 0. The fourth-order valence-corrected chi connectivity index (χ4v) is 2.22. The van der Waals surface area contributed by atoms with Crippen LogP contribution in [0.3, 0.4) is 0 Å². The van der Waals surface area contributed by atoms with Crippen LogP contribution in [0.2, 0.25) is 0 Å². The van der Waals surface area contributed by atoms with Gasteiger partial charge in [-0.05, 0) is 24.4 Å². The number of rotatable bonds is 2. The summed E-state index contributed by atoms with van der Waals surface area (Å²) in [5, 5.41) is 12.7. The van der Waals surface area contributed by atoms with E-state index in [4.69, 9.17) is 0 Å². The summed E-state index contributed by atoms with van der Waals surface area (Å²) in [7, 11) is 0. The highest BCUT2D eigenvalue weighted by Crippen LogP contribution is 2.28. The maximum absolute atomic E-state index is 9.29. The lowest BCUT2D eigenvalue weighted by Gasteiger charge is -2.31. The minimum absolute atomic E-state index is 0.307. The van der Waals surface area contributed by atoms with E-state index in [1.807, 2.05) is 6.07 Å². The monoisotopic (exact) mass is 191 g/mol. The Morgan fingerprint density at radius 2 is 2.07 bits per heavy atom. The van der Waals surface area contributed by atoms with E-state index >= 15 is 0 Å². The summed E-state index contributed by atoms with van der Waals surface area (Å²) in [5.41, 5.74) is 1.35. The number of hydrogen-bond donors (Lipinski definition) is 2. The van der Waals surface area contributed by atoms with Crippen LogP contribution in [0.1, 0.15) is 17.9 Å². The average Bonchev–Trinajstić information content (AvgIpc) is 2.30. The molecule has 0 spiro atoms. The van der Waals surface area contributed by atoms with Gasteiger partial charge in [-0.2, -0.15) is 0 Å². The third kappa shape index (κ3) is 1.97. The normalized spacial score (nSPS) is 27.5. The molecule has 76 valence electrons. The third-order valence-electron chi connectivity index (χ3n) is 3.09. The Morgan fingerprint density at radius 1 is 1.29 bits per heavy atom. The van der Waals surface area contributed by atoms with E-state index in [1.54, 1.807) is 0 Å². The van der Waals surface area contributed by atoms with Gasteiger partial charge in [0.25, 0.3) is 0 Å². The second-order valence-electron chi connectivity index (χ2n) is 3.95. The van der Waals surface area contributed by atoms with Gasteiger partial charge in [0.05, 0.1) is 0 Å². The molecule has 0 saturated carbocycles. The third-order valence-corrected chi connectivity index (χ3v) is 3.09. The van der Waals surface area contributed by atoms with Crippen molar-refractivity contribution in [2.75, 3.05) is 19.7 Å². The van der Waals surface area contributed by atoms with Crippen molar-refractivity contribution < 1.29 is 5.11 Å². The summed E-state index contributed by atoms with van der Waals surface area (Å²) in [6.07, 6.45) is 1.08. The van der Waals surface area contributed by atoms with Crippen LogP contribution < -0.4 is 5.32 Å². The molecule has 2 atom stereocenters. The minimum atomic E-state index is 0.307. The molecule has 2 nitrogen and oxygen atoms in total. The topological polar surface area (TPSA) is 32.3 Å². The van der Waals surface area contributed by atoms with Gasteiger partial charge < -0.3 is 10.4 Å². The van der Waals surface area contributed by atoms with E-state index in [2.05, 4.69) is 29.6 Å². The zero-order valence-electron chi connectivity index (χ0n) is 8.32. The van der Waals surface area contributed by atoms with Crippen molar-refractivity contribution in [1.29, 1.82) is 0 Å². The van der Waals surface area contributed by atoms with Crippen LogP contribution in [0.4, 0.5) is 0 Å². The summed E-state index contributed by atoms with van der Waals surface area (Å²) < 4.78 is 0. The van der Waals surface area contributed by atoms with E-state index < -0.39 is 0 Å². The van der Waals surface area contributed by atoms with Crippen LogP contribution in [0.15, 0.2) is 30.3 Å². The molecule has 1 aliphatic rings. The number of piperidine rings is 1. The predicted molar refractivity (Wildman–Crippen MR) is 57.2 cm³/mol. The summed E-state index contributed by atoms with van der Waals surface area (Å²) in [4.78, 5) is 0. The van der Waals surface area contributed by atoms with Gasteiger partial charge in [0.15, 0.2) is 0 Å². The van der Waals surface area contributed by atoms with Gasteiger partial charge in [0.2, 0.25) is 0 Å². The molecule has 2 heteroatoms. The fraction of sp³-hybridized carbons (Fsp3) is 0.500. The van der Waals surface area contributed by atoms with Crippen molar-refractivity contribution in [3.8, 4) is 0 Å². The number of aliphatic hydroxyl groups excluding tert-OH is 1. The molecule has 2 unspecified atom stereocenters. The first-order valence-corrected chi connectivity index (χ1v) is 5.28. The zero-order valence-corrected chi connectivity index (χ0v) is 8.32. The van der Waals surface area contributed by atoms with Gasteiger partial charge in [-0.3, -0.25) is 0 Å². The molecule has 2 rings (SSSR count). The van der Waals surface area contributed by atoms with Crippen molar-refractivity contribution in [2.45, 2.75) is 12.3 Å². The molecular formula is C12H17NO. The second-order valence-corrected chi connectivity index (χ2v) is 3.95.